The van der Waals surface area contributed by atoms with Gasteiger partial charge in [0.1, 0.15) is 0 Å². The third-order valence-electron chi connectivity index (χ3n) is 4.35. The molecule has 17 heavy (non-hydrogen) atoms. The Balaban J connectivity index is 1.91. The zero-order chi connectivity index (χ0) is 12.3. The fraction of sp³-hybridized carbons (Fsp3) is 0.923. The monoisotopic (exact) mass is 240 g/mol. The van der Waals surface area contributed by atoms with Crippen molar-refractivity contribution in [3.05, 3.63) is 0 Å². The van der Waals surface area contributed by atoms with E-state index >= 15 is 0 Å². The van der Waals surface area contributed by atoms with Gasteiger partial charge in [0, 0.05) is 12.0 Å². The molecule has 98 valence electrons. The van der Waals surface area contributed by atoms with Crippen LogP contribution < -0.4 is 11.1 Å². The SMILES string of the molecule is NC1CCC(C(=O)NC2(CO)CCCCC2)C1. The first-order chi connectivity index (χ1) is 8.15. The highest BCUT2D eigenvalue weighted by Crippen LogP contribution is 2.30. The minimum absolute atomic E-state index is 0.0651. The summed E-state index contributed by atoms with van der Waals surface area (Å²) in [4.78, 5) is 12.1. The number of hydrogen-bond donors (Lipinski definition) is 3. The smallest absolute Gasteiger partial charge is 0.223 e. The first-order valence-electron chi connectivity index (χ1n) is 6.84. The lowest BCUT2D eigenvalue weighted by atomic mass is 9.82. The van der Waals surface area contributed by atoms with Crippen molar-refractivity contribution in [2.45, 2.75) is 62.9 Å². The maximum Gasteiger partial charge on any atom is 0.223 e. The quantitative estimate of drug-likeness (QED) is 0.687. The van der Waals surface area contributed by atoms with Crippen molar-refractivity contribution >= 4 is 5.91 Å². The highest BCUT2D eigenvalue weighted by atomic mass is 16.3. The maximum atomic E-state index is 12.1. The highest BCUT2D eigenvalue weighted by molar-refractivity contribution is 5.79. The van der Waals surface area contributed by atoms with E-state index in [0.717, 1.165) is 44.9 Å². The Hall–Kier alpha value is -0.610. The van der Waals surface area contributed by atoms with Crippen LogP contribution in [0.3, 0.4) is 0 Å². The van der Waals surface area contributed by atoms with Crippen molar-refractivity contribution in [2.75, 3.05) is 6.61 Å². The van der Waals surface area contributed by atoms with E-state index in [1.54, 1.807) is 0 Å². The van der Waals surface area contributed by atoms with Crippen molar-refractivity contribution in [3.8, 4) is 0 Å². The van der Waals surface area contributed by atoms with Gasteiger partial charge >= 0.3 is 0 Å². The van der Waals surface area contributed by atoms with Crippen molar-refractivity contribution < 1.29 is 9.90 Å². The normalized spacial score (nSPS) is 32.4. The molecule has 2 fully saturated rings. The first kappa shape index (κ1) is 12.8. The van der Waals surface area contributed by atoms with Crippen LogP contribution in [0.1, 0.15) is 51.4 Å². The summed E-state index contributed by atoms with van der Waals surface area (Å²) in [5.41, 5.74) is 5.49. The fourth-order valence-corrected chi connectivity index (χ4v) is 3.17. The summed E-state index contributed by atoms with van der Waals surface area (Å²) in [6.45, 7) is 0.0670. The summed E-state index contributed by atoms with van der Waals surface area (Å²) in [5.74, 6) is 0.171. The van der Waals surface area contributed by atoms with Gasteiger partial charge in [-0.2, -0.15) is 0 Å². The largest absolute Gasteiger partial charge is 0.394 e. The van der Waals surface area contributed by atoms with E-state index < -0.39 is 0 Å². The van der Waals surface area contributed by atoms with Crippen LogP contribution in [-0.4, -0.2) is 29.2 Å². The molecule has 0 spiro atoms. The highest BCUT2D eigenvalue weighted by Gasteiger charge is 2.36. The molecule has 4 nitrogen and oxygen atoms in total. The van der Waals surface area contributed by atoms with Gasteiger partial charge in [-0.1, -0.05) is 19.3 Å². The van der Waals surface area contributed by atoms with Crippen LogP contribution in [0.15, 0.2) is 0 Å². The van der Waals surface area contributed by atoms with Crippen LogP contribution in [0.25, 0.3) is 0 Å². The predicted octanol–water partition coefficient (Wildman–Crippen LogP) is 0.925. The number of carbonyl (C=O) groups excluding carboxylic acids is 1. The van der Waals surface area contributed by atoms with Crippen LogP contribution in [0.5, 0.6) is 0 Å². The van der Waals surface area contributed by atoms with Gasteiger partial charge in [-0.25, -0.2) is 0 Å². The number of rotatable bonds is 3. The third kappa shape index (κ3) is 2.99. The van der Waals surface area contributed by atoms with Gasteiger partial charge in [0.05, 0.1) is 12.1 Å². The molecule has 2 saturated carbocycles. The predicted molar refractivity (Wildman–Crippen MR) is 66.4 cm³/mol. The number of aliphatic hydroxyl groups excluding tert-OH is 1. The Labute approximate surface area is 103 Å². The Morgan fingerprint density at radius 2 is 2.00 bits per heavy atom. The zero-order valence-electron chi connectivity index (χ0n) is 10.5. The molecule has 2 rings (SSSR count). The average molecular weight is 240 g/mol. The number of amides is 1. The Kier molecular flexibility index (Phi) is 4.05. The molecule has 0 aliphatic heterocycles. The van der Waals surface area contributed by atoms with E-state index in [-0.39, 0.29) is 30.0 Å². The average Bonchev–Trinajstić information content (AvgIpc) is 2.77. The molecule has 0 aromatic rings. The molecule has 2 atom stereocenters. The number of aliphatic hydroxyl groups is 1. The van der Waals surface area contributed by atoms with Crippen molar-refractivity contribution in [1.82, 2.24) is 5.32 Å². The van der Waals surface area contributed by atoms with Crippen molar-refractivity contribution in [1.29, 1.82) is 0 Å². The van der Waals surface area contributed by atoms with Gasteiger partial charge in [-0.15, -0.1) is 0 Å². The molecular weight excluding hydrogens is 216 g/mol. The van der Waals surface area contributed by atoms with E-state index in [0.29, 0.717) is 0 Å². The zero-order valence-corrected chi connectivity index (χ0v) is 10.5. The van der Waals surface area contributed by atoms with Crippen LogP contribution in [-0.2, 0) is 4.79 Å². The van der Waals surface area contributed by atoms with Gasteiger partial charge in [-0.05, 0) is 32.1 Å². The van der Waals surface area contributed by atoms with Gasteiger partial charge < -0.3 is 16.2 Å². The molecule has 2 unspecified atom stereocenters. The number of hydrogen-bond acceptors (Lipinski definition) is 3. The van der Waals surface area contributed by atoms with E-state index in [1.165, 1.54) is 6.42 Å². The van der Waals surface area contributed by atoms with Crippen molar-refractivity contribution in [3.63, 3.8) is 0 Å². The lowest BCUT2D eigenvalue weighted by molar-refractivity contribution is -0.128. The Morgan fingerprint density at radius 3 is 2.53 bits per heavy atom. The third-order valence-corrected chi connectivity index (χ3v) is 4.35. The number of nitrogens with one attached hydrogen (secondary N) is 1. The van der Waals surface area contributed by atoms with Crippen LogP contribution >= 0.6 is 0 Å². The standard InChI is InChI=1S/C13H24N2O2/c14-11-5-4-10(8-11)12(17)15-13(9-16)6-2-1-3-7-13/h10-11,16H,1-9,14H2,(H,15,17). The summed E-state index contributed by atoms with van der Waals surface area (Å²) in [6.07, 6.45) is 7.88. The van der Waals surface area contributed by atoms with Crippen molar-refractivity contribution in [2.24, 2.45) is 11.7 Å². The van der Waals surface area contributed by atoms with E-state index in [1.807, 2.05) is 0 Å². The second-order valence-electron chi connectivity index (χ2n) is 5.76. The topological polar surface area (TPSA) is 75.4 Å². The lowest BCUT2D eigenvalue weighted by Gasteiger charge is -2.37. The number of carbonyl (C=O) groups is 1. The molecule has 2 aliphatic rings. The minimum Gasteiger partial charge on any atom is -0.394 e. The lowest BCUT2D eigenvalue weighted by Crippen LogP contribution is -2.54. The van der Waals surface area contributed by atoms with Gasteiger partial charge in [0.2, 0.25) is 5.91 Å². The Morgan fingerprint density at radius 1 is 1.29 bits per heavy atom. The molecule has 0 aromatic heterocycles. The molecule has 4 N–H and O–H groups in total. The van der Waals surface area contributed by atoms with Crippen LogP contribution in [0.4, 0.5) is 0 Å². The minimum atomic E-state index is -0.345. The van der Waals surface area contributed by atoms with Crippen LogP contribution in [0.2, 0.25) is 0 Å². The molecule has 4 heteroatoms. The van der Waals surface area contributed by atoms with E-state index in [9.17, 15) is 9.90 Å². The van der Waals surface area contributed by atoms with E-state index in [4.69, 9.17) is 5.73 Å². The summed E-state index contributed by atoms with van der Waals surface area (Å²) in [5, 5.41) is 12.6. The molecular formula is C13H24N2O2. The summed E-state index contributed by atoms with van der Waals surface area (Å²) >= 11 is 0. The molecule has 0 aromatic carbocycles. The second-order valence-corrected chi connectivity index (χ2v) is 5.76. The fourth-order valence-electron chi connectivity index (χ4n) is 3.17. The maximum absolute atomic E-state index is 12.1. The van der Waals surface area contributed by atoms with Gasteiger partial charge in [-0.3, -0.25) is 4.79 Å². The summed E-state index contributed by atoms with van der Waals surface area (Å²) < 4.78 is 0. The molecule has 0 heterocycles. The molecule has 0 radical (unpaired) electrons. The van der Waals surface area contributed by atoms with Gasteiger partial charge in [0.25, 0.3) is 0 Å². The van der Waals surface area contributed by atoms with Crippen LogP contribution in [0, 0.1) is 5.92 Å². The second kappa shape index (κ2) is 5.36. The summed E-state index contributed by atoms with van der Waals surface area (Å²) in [6, 6.07) is 0.183. The Bertz CT molecular complexity index is 275. The number of nitrogens with two attached hydrogens (primary N) is 1. The molecule has 1 amide bonds. The van der Waals surface area contributed by atoms with E-state index in [2.05, 4.69) is 5.32 Å². The molecule has 0 bridgehead atoms. The molecule has 0 saturated heterocycles. The van der Waals surface area contributed by atoms with Gasteiger partial charge in [0.15, 0.2) is 0 Å². The molecule has 2 aliphatic carbocycles. The summed E-state index contributed by atoms with van der Waals surface area (Å²) in [7, 11) is 0. The first-order valence-corrected chi connectivity index (χ1v) is 6.84.